The van der Waals surface area contributed by atoms with Gasteiger partial charge >= 0.3 is 0 Å². The molecule has 0 radical (unpaired) electrons. The van der Waals surface area contributed by atoms with Gasteiger partial charge in [0.15, 0.2) is 15.0 Å². The number of pyridine rings is 1. The molecule has 0 N–H and O–H groups in total. The standard InChI is InChI=1S/C24H23N3O3S2/c1-2-20-11-6-12-21-23(20)26-24(31-21)27(15-19-10-7-13-25-14-19)22(28)17-32(29,30)16-18-8-4-3-5-9-18/h3-14H,2,15-17H2,1H3. The van der Waals surface area contributed by atoms with Crippen molar-refractivity contribution >= 4 is 42.4 Å². The largest absolute Gasteiger partial charge is 0.283 e. The molecule has 0 aliphatic heterocycles. The molecule has 164 valence electrons. The van der Waals surface area contributed by atoms with Crippen LogP contribution in [0, 0.1) is 0 Å². The van der Waals surface area contributed by atoms with Gasteiger partial charge in [-0.2, -0.15) is 0 Å². The van der Waals surface area contributed by atoms with Gasteiger partial charge in [0.05, 0.1) is 22.5 Å². The number of benzene rings is 2. The van der Waals surface area contributed by atoms with E-state index in [9.17, 15) is 13.2 Å². The summed E-state index contributed by atoms with van der Waals surface area (Å²) in [4.78, 5) is 23.6. The molecule has 0 saturated carbocycles. The number of nitrogens with zero attached hydrogens (tertiary/aromatic N) is 3. The summed E-state index contributed by atoms with van der Waals surface area (Å²) in [7, 11) is -3.65. The zero-order valence-corrected chi connectivity index (χ0v) is 19.3. The van der Waals surface area contributed by atoms with Crippen molar-refractivity contribution in [2.45, 2.75) is 25.6 Å². The highest BCUT2D eigenvalue weighted by Gasteiger charge is 2.26. The van der Waals surface area contributed by atoms with Crippen molar-refractivity contribution < 1.29 is 13.2 Å². The third-order valence-electron chi connectivity index (χ3n) is 5.04. The maximum absolute atomic E-state index is 13.3. The number of rotatable bonds is 8. The molecule has 0 spiro atoms. The normalized spacial score (nSPS) is 11.5. The minimum absolute atomic E-state index is 0.180. The SMILES string of the molecule is CCc1cccc2sc(N(Cc3cccnc3)C(=O)CS(=O)(=O)Cc3ccccc3)nc12. The second-order valence-corrected chi connectivity index (χ2v) is 10.5. The van der Waals surface area contributed by atoms with E-state index < -0.39 is 21.5 Å². The van der Waals surface area contributed by atoms with E-state index in [1.807, 2.05) is 30.3 Å². The van der Waals surface area contributed by atoms with Crippen LogP contribution in [0.1, 0.15) is 23.6 Å². The number of aryl methyl sites for hydroxylation is 1. The van der Waals surface area contributed by atoms with E-state index in [1.165, 1.54) is 16.2 Å². The molecule has 4 aromatic rings. The first-order valence-electron chi connectivity index (χ1n) is 10.3. The van der Waals surface area contributed by atoms with Gasteiger partial charge in [0.1, 0.15) is 5.75 Å². The second kappa shape index (κ2) is 9.58. The molecule has 8 heteroatoms. The van der Waals surface area contributed by atoms with Crippen LogP contribution in [0.25, 0.3) is 10.2 Å². The number of anilines is 1. The summed E-state index contributed by atoms with van der Waals surface area (Å²) in [5, 5.41) is 0.490. The lowest BCUT2D eigenvalue weighted by Gasteiger charge is -2.20. The van der Waals surface area contributed by atoms with E-state index in [-0.39, 0.29) is 12.3 Å². The summed E-state index contributed by atoms with van der Waals surface area (Å²) in [5.74, 6) is -1.26. The lowest BCUT2D eigenvalue weighted by atomic mass is 10.1. The van der Waals surface area contributed by atoms with Gasteiger partial charge in [-0.1, -0.05) is 66.8 Å². The van der Waals surface area contributed by atoms with Gasteiger partial charge in [-0.15, -0.1) is 0 Å². The zero-order valence-electron chi connectivity index (χ0n) is 17.6. The Morgan fingerprint density at radius 3 is 2.50 bits per heavy atom. The van der Waals surface area contributed by atoms with Crippen molar-refractivity contribution in [1.82, 2.24) is 9.97 Å². The van der Waals surface area contributed by atoms with Gasteiger partial charge < -0.3 is 0 Å². The number of hydrogen-bond acceptors (Lipinski definition) is 6. The van der Waals surface area contributed by atoms with Crippen LogP contribution >= 0.6 is 11.3 Å². The van der Waals surface area contributed by atoms with E-state index in [2.05, 4.69) is 11.9 Å². The molecule has 0 aliphatic carbocycles. The first-order chi connectivity index (χ1) is 15.4. The highest BCUT2D eigenvalue weighted by molar-refractivity contribution is 7.91. The summed E-state index contributed by atoms with van der Waals surface area (Å²) >= 11 is 1.39. The molecule has 32 heavy (non-hydrogen) atoms. The zero-order chi connectivity index (χ0) is 22.6. The average molecular weight is 466 g/mol. The fourth-order valence-electron chi connectivity index (χ4n) is 3.48. The Bertz CT molecular complexity index is 1320. The fourth-order valence-corrected chi connectivity index (χ4v) is 5.84. The summed E-state index contributed by atoms with van der Waals surface area (Å²) in [6.07, 6.45) is 4.15. The van der Waals surface area contributed by atoms with E-state index in [0.29, 0.717) is 10.7 Å². The molecule has 0 unspecified atom stereocenters. The molecule has 2 aromatic carbocycles. The lowest BCUT2D eigenvalue weighted by molar-refractivity contribution is -0.116. The highest BCUT2D eigenvalue weighted by Crippen LogP contribution is 2.32. The van der Waals surface area contributed by atoms with Crippen LogP contribution in [0.5, 0.6) is 0 Å². The molecule has 0 bridgehead atoms. The van der Waals surface area contributed by atoms with Gasteiger partial charge in [-0.3, -0.25) is 14.7 Å². The second-order valence-electron chi connectivity index (χ2n) is 7.47. The van der Waals surface area contributed by atoms with E-state index >= 15 is 0 Å². The van der Waals surface area contributed by atoms with Crippen molar-refractivity contribution in [2.75, 3.05) is 10.7 Å². The molecule has 0 fully saturated rings. The Balaban J connectivity index is 1.65. The summed E-state index contributed by atoms with van der Waals surface area (Å²) in [6.45, 7) is 2.26. The number of carbonyl (C=O) groups excluding carboxylic acids is 1. The van der Waals surface area contributed by atoms with Crippen LogP contribution < -0.4 is 4.90 Å². The predicted molar refractivity (Wildman–Crippen MR) is 128 cm³/mol. The van der Waals surface area contributed by atoms with Gasteiger partial charge in [0.25, 0.3) is 0 Å². The molecule has 4 rings (SSSR count). The summed E-state index contributed by atoms with van der Waals surface area (Å²) in [6, 6.07) is 18.5. The highest BCUT2D eigenvalue weighted by atomic mass is 32.2. The fraction of sp³-hybridized carbons (Fsp3) is 0.208. The average Bonchev–Trinajstić information content (AvgIpc) is 3.22. The third kappa shape index (κ3) is 5.20. The number of thiazole rings is 1. The molecule has 0 atom stereocenters. The first kappa shape index (κ1) is 22.1. The molecule has 1 amide bonds. The topological polar surface area (TPSA) is 80.2 Å². The Labute approximate surface area is 191 Å². The number of aromatic nitrogens is 2. The minimum atomic E-state index is -3.65. The van der Waals surface area contributed by atoms with E-state index in [0.717, 1.165) is 27.8 Å². The molecular formula is C24H23N3O3S2. The number of amides is 1. The number of sulfone groups is 1. The van der Waals surface area contributed by atoms with Gasteiger partial charge in [0, 0.05) is 12.4 Å². The van der Waals surface area contributed by atoms with Crippen molar-refractivity contribution in [3.8, 4) is 0 Å². The smallest absolute Gasteiger partial charge is 0.244 e. The van der Waals surface area contributed by atoms with Crippen molar-refractivity contribution in [2.24, 2.45) is 0 Å². The molecule has 2 heterocycles. The van der Waals surface area contributed by atoms with Crippen molar-refractivity contribution in [3.05, 3.63) is 89.7 Å². The first-order valence-corrected chi connectivity index (χ1v) is 12.9. The summed E-state index contributed by atoms with van der Waals surface area (Å²) < 4.78 is 26.6. The predicted octanol–water partition coefficient (Wildman–Crippen LogP) is 4.40. The van der Waals surface area contributed by atoms with Crippen LogP contribution in [0.15, 0.2) is 73.1 Å². The molecule has 2 aromatic heterocycles. The van der Waals surface area contributed by atoms with Crippen LogP contribution in [0.4, 0.5) is 5.13 Å². The van der Waals surface area contributed by atoms with E-state index in [1.54, 1.807) is 42.7 Å². The maximum atomic E-state index is 13.3. The van der Waals surface area contributed by atoms with Crippen molar-refractivity contribution in [1.29, 1.82) is 0 Å². The van der Waals surface area contributed by atoms with Crippen LogP contribution in [-0.2, 0) is 33.4 Å². The monoisotopic (exact) mass is 465 g/mol. The Hall–Kier alpha value is -3.10. The Morgan fingerprint density at radius 2 is 1.78 bits per heavy atom. The summed E-state index contributed by atoms with van der Waals surface area (Å²) in [5.41, 5.74) is 3.41. The lowest BCUT2D eigenvalue weighted by Crippen LogP contribution is -2.35. The van der Waals surface area contributed by atoms with E-state index in [4.69, 9.17) is 4.98 Å². The van der Waals surface area contributed by atoms with Gasteiger partial charge in [-0.05, 0) is 35.2 Å². The maximum Gasteiger partial charge on any atom is 0.244 e. The Morgan fingerprint density at radius 1 is 1.00 bits per heavy atom. The molecule has 0 aliphatic rings. The number of para-hydroxylation sites is 1. The van der Waals surface area contributed by atoms with Crippen LogP contribution in [0.3, 0.4) is 0 Å². The Kier molecular flexibility index (Phi) is 6.62. The minimum Gasteiger partial charge on any atom is -0.283 e. The number of fused-ring (bicyclic) bond motifs is 1. The molecule has 6 nitrogen and oxygen atoms in total. The molecular weight excluding hydrogens is 442 g/mol. The van der Waals surface area contributed by atoms with Crippen LogP contribution in [-0.4, -0.2) is 30.0 Å². The quantitative estimate of drug-likeness (QED) is 0.385. The van der Waals surface area contributed by atoms with Crippen LogP contribution in [0.2, 0.25) is 0 Å². The van der Waals surface area contributed by atoms with Crippen molar-refractivity contribution in [3.63, 3.8) is 0 Å². The molecule has 0 saturated heterocycles. The van der Waals surface area contributed by atoms with Gasteiger partial charge in [0.2, 0.25) is 5.91 Å². The number of hydrogen-bond donors (Lipinski definition) is 0. The third-order valence-corrected chi connectivity index (χ3v) is 7.54. The van der Waals surface area contributed by atoms with Gasteiger partial charge in [-0.25, -0.2) is 13.4 Å². The number of carbonyl (C=O) groups is 1.